The number of benzene rings is 1. The Kier molecular flexibility index (Phi) is 4.55. The number of Topliss-reactive ketones (excluding diaryl/α,β-unsaturated/α-hetero) is 1. The fourth-order valence-electron chi connectivity index (χ4n) is 4.65. The Morgan fingerprint density at radius 1 is 1.07 bits per heavy atom. The van der Waals surface area contributed by atoms with E-state index in [2.05, 4.69) is 40.8 Å². The van der Waals surface area contributed by atoms with Crippen LogP contribution in [0, 0.1) is 13.8 Å². The number of nitrogens with zero attached hydrogens (tertiary/aromatic N) is 3. The van der Waals surface area contributed by atoms with E-state index in [0.717, 1.165) is 65.4 Å². The van der Waals surface area contributed by atoms with Crippen LogP contribution >= 0.6 is 0 Å². The van der Waals surface area contributed by atoms with Gasteiger partial charge in [-0.15, -0.1) is 0 Å². The molecule has 1 N–H and O–H groups in total. The number of piperidine rings is 1. The van der Waals surface area contributed by atoms with Crippen molar-refractivity contribution in [3.05, 3.63) is 64.4 Å². The summed E-state index contributed by atoms with van der Waals surface area (Å²) in [5.41, 5.74) is 8.02. The van der Waals surface area contributed by atoms with Crippen molar-refractivity contribution in [2.24, 2.45) is 0 Å². The maximum absolute atomic E-state index is 12.9. The van der Waals surface area contributed by atoms with Crippen molar-refractivity contribution in [1.29, 1.82) is 0 Å². The van der Waals surface area contributed by atoms with Gasteiger partial charge in [-0.2, -0.15) is 0 Å². The van der Waals surface area contributed by atoms with Gasteiger partial charge in [0.25, 0.3) is 0 Å². The van der Waals surface area contributed by atoms with Gasteiger partial charge in [0, 0.05) is 24.4 Å². The smallest absolute Gasteiger partial charge is 0.163 e. The largest absolute Gasteiger partial charge is 0.317 e. The second-order valence-corrected chi connectivity index (χ2v) is 8.29. The molecule has 3 aromatic rings. The summed E-state index contributed by atoms with van der Waals surface area (Å²) >= 11 is 0. The van der Waals surface area contributed by atoms with Crippen LogP contribution in [0.4, 0.5) is 0 Å². The second kappa shape index (κ2) is 7.23. The number of fused-ring (bicyclic) bond motifs is 2. The SMILES string of the molecule is Cc1cn2cc(C3=Cc4ccc(C5CCNCC5)cc4C(=O)CC3)nc2c(C)n1. The van der Waals surface area contributed by atoms with E-state index in [9.17, 15) is 4.79 Å². The van der Waals surface area contributed by atoms with Crippen LogP contribution in [0.25, 0.3) is 17.3 Å². The van der Waals surface area contributed by atoms with Crippen LogP contribution < -0.4 is 5.32 Å². The van der Waals surface area contributed by atoms with Crippen LogP contribution in [0.1, 0.15) is 70.2 Å². The molecule has 1 saturated heterocycles. The van der Waals surface area contributed by atoms with Crippen molar-refractivity contribution in [2.75, 3.05) is 13.1 Å². The molecule has 0 radical (unpaired) electrons. The van der Waals surface area contributed by atoms with Gasteiger partial charge in [0.05, 0.1) is 17.1 Å². The molecule has 2 aliphatic rings. The van der Waals surface area contributed by atoms with Gasteiger partial charge in [0.1, 0.15) is 0 Å². The number of hydrogen-bond donors (Lipinski definition) is 1. The number of rotatable bonds is 2. The van der Waals surface area contributed by atoms with Gasteiger partial charge in [0.2, 0.25) is 0 Å². The molecule has 29 heavy (non-hydrogen) atoms. The Morgan fingerprint density at radius 2 is 1.90 bits per heavy atom. The van der Waals surface area contributed by atoms with Crippen molar-refractivity contribution in [1.82, 2.24) is 19.7 Å². The fourth-order valence-corrected chi connectivity index (χ4v) is 4.65. The van der Waals surface area contributed by atoms with Gasteiger partial charge >= 0.3 is 0 Å². The van der Waals surface area contributed by atoms with E-state index in [1.807, 2.05) is 24.4 Å². The molecule has 0 unspecified atom stereocenters. The number of carbonyl (C=O) groups is 1. The average Bonchev–Trinajstić information content (AvgIpc) is 3.08. The predicted octanol–water partition coefficient (Wildman–Crippen LogP) is 4.33. The lowest BCUT2D eigenvalue weighted by atomic mass is 9.87. The lowest BCUT2D eigenvalue weighted by Crippen LogP contribution is -2.26. The first kappa shape index (κ1) is 18.3. The first-order valence-corrected chi connectivity index (χ1v) is 10.5. The third-order valence-corrected chi connectivity index (χ3v) is 6.19. The highest BCUT2D eigenvalue weighted by molar-refractivity contribution is 6.04. The van der Waals surface area contributed by atoms with Crippen molar-refractivity contribution in [3.8, 4) is 0 Å². The van der Waals surface area contributed by atoms with E-state index in [4.69, 9.17) is 4.98 Å². The van der Waals surface area contributed by atoms with Crippen molar-refractivity contribution in [2.45, 2.75) is 45.4 Å². The summed E-state index contributed by atoms with van der Waals surface area (Å²) in [6.45, 7) is 6.09. The zero-order valence-corrected chi connectivity index (χ0v) is 17.0. The summed E-state index contributed by atoms with van der Waals surface area (Å²) in [5, 5.41) is 3.42. The summed E-state index contributed by atoms with van der Waals surface area (Å²) in [5.74, 6) is 0.790. The van der Waals surface area contributed by atoms with Crippen LogP contribution in [-0.4, -0.2) is 33.2 Å². The Hall–Kier alpha value is -2.79. The predicted molar refractivity (Wildman–Crippen MR) is 115 cm³/mol. The first-order chi connectivity index (χ1) is 14.1. The van der Waals surface area contributed by atoms with E-state index < -0.39 is 0 Å². The molecular weight excluding hydrogens is 360 g/mol. The molecule has 0 bridgehead atoms. The molecule has 5 heteroatoms. The highest BCUT2D eigenvalue weighted by Crippen LogP contribution is 2.33. The molecule has 148 valence electrons. The monoisotopic (exact) mass is 386 g/mol. The number of imidazole rings is 1. The summed E-state index contributed by atoms with van der Waals surface area (Å²) < 4.78 is 2.04. The van der Waals surface area contributed by atoms with Crippen molar-refractivity contribution < 1.29 is 4.79 Å². The van der Waals surface area contributed by atoms with Crippen molar-refractivity contribution in [3.63, 3.8) is 0 Å². The molecule has 0 atom stereocenters. The third kappa shape index (κ3) is 3.40. The molecule has 1 aromatic carbocycles. The molecule has 0 saturated carbocycles. The van der Waals surface area contributed by atoms with Crippen LogP contribution in [-0.2, 0) is 0 Å². The van der Waals surface area contributed by atoms with Crippen molar-refractivity contribution >= 4 is 23.1 Å². The minimum absolute atomic E-state index is 0.236. The maximum Gasteiger partial charge on any atom is 0.163 e. The van der Waals surface area contributed by atoms with E-state index in [1.54, 1.807) is 0 Å². The average molecular weight is 386 g/mol. The summed E-state index contributed by atoms with van der Waals surface area (Å²) in [6, 6.07) is 6.49. The van der Waals surface area contributed by atoms with Gasteiger partial charge in [-0.25, -0.2) is 4.98 Å². The maximum atomic E-state index is 12.9. The van der Waals surface area contributed by atoms with Gasteiger partial charge < -0.3 is 9.72 Å². The summed E-state index contributed by atoms with van der Waals surface area (Å²) in [4.78, 5) is 22.2. The minimum Gasteiger partial charge on any atom is -0.317 e. The lowest BCUT2D eigenvalue weighted by Gasteiger charge is -2.23. The molecule has 3 heterocycles. The normalized spacial score (nSPS) is 17.9. The van der Waals surface area contributed by atoms with E-state index >= 15 is 0 Å². The molecule has 5 rings (SSSR count). The number of hydrogen-bond acceptors (Lipinski definition) is 4. The van der Waals surface area contributed by atoms with Crippen LogP contribution in [0.5, 0.6) is 0 Å². The van der Waals surface area contributed by atoms with E-state index in [-0.39, 0.29) is 5.78 Å². The minimum atomic E-state index is 0.236. The van der Waals surface area contributed by atoms with Crippen LogP contribution in [0.3, 0.4) is 0 Å². The lowest BCUT2D eigenvalue weighted by molar-refractivity contribution is 0.0984. The topological polar surface area (TPSA) is 59.3 Å². The number of carbonyl (C=O) groups excluding carboxylic acids is 1. The molecule has 1 aliphatic carbocycles. The quantitative estimate of drug-likeness (QED) is 0.712. The number of nitrogens with one attached hydrogen (secondary N) is 1. The first-order valence-electron chi connectivity index (χ1n) is 10.5. The van der Waals surface area contributed by atoms with E-state index in [1.165, 1.54) is 5.56 Å². The van der Waals surface area contributed by atoms with Gasteiger partial charge in [-0.3, -0.25) is 9.78 Å². The zero-order chi connectivity index (χ0) is 20.0. The zero-order valence-electron chi connectivity index (χ0n) is 17.0. The number of aryl methyl sites for hydroxylation is 2. The molecule has 2 aromatic heterocycles. The summed E-state index contributed by atoms with van der Waals surface area (Å²) in [7, 11) is 0. The van der Waals surface area contributed by atoms with Crippen LogP contribution in [0.2, 0.25) is 0 Å². The standard InChI is InChI=1S/C24H26N4O/c1-15-13-28-14-22(27-24(28)16(2)26-15)20-5-6-23(29)21-12-18(3-4-19(21)11-20)17-7-9-25-10-8-17/h3-4,11-14,17,25H,5-10H2,1-2H3. The second-order valence-electron chi connectivity index (χ2n) is 8.29. The Labute approximate surface area is 170 Å². The molecule has 0 spiro atoms. The molecule has 1 aliphatic heterocycles. The van der Waals surface area contributed by atoms with Gasteiger partial charge in [0.15, 0.2) is 11.4 Å². The van der Waals surface area contributed by atoms with Crippen LogP contribution in [0.15, 0.2) is 30.6 Å². The number of aromatic nitrogens is 3. The summed E-state index contributed by atoms with van der Waals surface area (Å²) in [6.07, 6.45) is 9.74. The number of allylic oxidation sites excluding steroid dienone is 1. The third-order valence-electron chi connectivity index (χ3n) is 6.19. The molecule has 1 fully saturated rings. The Morgan fingerprint density at radius 3 is 2.72 bits per heavy atom. The van der Waals surface area contributed by atoms with E-state index in [0.29, 0.717) is 18.8 Å². The fraction of sp³-hybridized carbons (Fsp3) is 0.375. The molecule has 0 amide bonds. The Bertz CT molecular complexity index is 1140. The molecular formula is C24H26N4O. The van der Waals surface area contributed by atoms with Gasteiger partial charge in [-0.05, 0) is 81.0 Å². The highest BCUT2D eigenvalue weighted by atomic mass is 16.1. The molecule has 5 nitrogen and oxygen atoms in total. The van der Waals surface area contributed by atoms with Gasteiger partial charge in [-0.1, -0.05) is 12.1 Å². The number of ketones is 1. The Balaban J connectivity index is 1.54. The highest BCUT2D eigenvalue weighted by Gasteiger charge is 2.22.